The van der Waals surface area contributed by atoms with Gasteiger partial charge in [-0.25, -0.2) is 8.78 Å². The van der Waals surface area contributed by atoms with E-state index in [2.05, 4.69) is 5.32 Å². The van der Waals surface area contributed by atoms with Crippen LogP contribution >= 0.6 is 23.2 Å². The van der Waals surface area contributed by atoms with Gasteiger partial charge in [-0.05, 0) is 74.9 Å². The van der Waals surface area contributed by atoms with Crippen LogP contribution in [-0.2, 0) is 9.59 Å². The molecule has 2 unspecified atom stereocenters. The average molecular weight is 533 g/mol. The first-order valence-corrected chi connectivity index (χ1v) is 12.6. The van der Waals surface area contributed by atoms with Crippen molar-refractivity contribution in [3.05, 3.63) is 71.3 Å². The first-order chi connectivity index (χ1) is 16.6. The van der Waals surface area contributed by atoms with Gasteiger partial charge in [-0.1, -0.05) is 24.3 Å². The number of hydrogen-bond acceptors (Lipinski definition) is 3. The fourth-order valence-corrected chi connectivity index (χ4v) is 3.04. The van der Waals surface area contributed by atoms with Gasteiger partial charge in [-0.2, -0.15) is 0 Å². The lowest BCUT2D eigenvalue weighted by Gasteiger charge is -2.14. The number of alkyl halides is 2. The van der Waals surface area contributed by atoms with Crippen LogP contribution in [0.5, 0.6) is 0 Å². The van der Waals surface area contributed by atoms with Gasteiger partial charge in [0.15, 0.2) is 0 Å². The van der Waals surface area contributed by atoms with Crippen LogP contribution < -0.4 is 11.1 Å². The van der Waals surface area contributed by atoms with Crippen molar-refractivity contribution in [1.82, 2.24) is 5.32 Å². The third-order valence-electron chi connectivity index (χ3n) is 4.71. The molecule has 9 heteroatoms. The Morgan fingerprint density at radius 1 is 0.829 bits per heavy atom. The number of carbonyl (C=O) groups is 2. The molecule has 1 amide bonds. The summed E-state index contributed by atoms with van der Waals surface area (Å²) in [4.78, 5) is 21.4. The third kappa shape index (κ3) is 17.8. The van der Waals surface area contributed by atoms with Gasteiger partial charge in [-0.15, -0.1) is 23.2 Å². The van der Waals surface area contributed by atoms with E-state index < -0.39 is 5.97 Å². The van der Waals surface area contributed by atoms with Crippen LogP contribution in [0.2, 0.25) is 0 Å². The van der Waals surface area contributed by atoms with Crippen molar-refractivity contribution < 1.29 is 23.5 Å². The van der Waals surface area contributed by atoms with Crippen LogP contribution in [0.4, 0.5) is 8.78 Å². The molecule has 2 aromatic carbocycles. The number of nitrogens with one attached hydrogen (secondary N) is 1. The van der Waals surface area contributed by atoms with Gasteiger partial charge < -0.3 is 16.2 Å². The molecule has 0 fully saturated rings. The first-order valence-electron chi connectivity index (χ1n) is 11.5. The van der Waals surface area contributed by atoms with E-state index in [9.17, 15) is 18.4 Å². The number of hydrogen-bond donors (Lipinski definition) is 3. The Morgan fingerprint density at radius 3 is 1.66 bits per heavy atom. The molecule has 2 rings (SSSR count). The monoisotopic (exact) mass is 532 g/mol. The van der Waals surface area contributed by atoms with Crippen LogP contribution in [0.3, 0.4) is 0 Å². The first kappa shape index (κ1) is 32.8. The third-order valence-corrected chi connectivity index (χ3v) is 5.24. The zero-order chi connectivity index (χ0) is 26.6. The normalized spacial score (nSPS) is 11.7. The second-order valence-electron chi connectivity index (χ2n) is 7.87. The van der Waals surface area contributed by atoms with Gasteiger partial charge in [0.25, 0.3) is 0 Å². The molecule has 0 aliphatic rings. The highest BCUT2D eigenvalue weighted by Gasteiger charge is 2.09. The minimum atomic E-state index is -0.741. The highest BCUT2D eigenvalue weighted by molar-refractivity contribution is 6.18. The van der Waals surface area contributed by atoms with Crippen molar-refractivity contribution in [2.75, 3.05) is 11.8 Å². The molecule has 2 aromatic rings. The number of carboxylic acids is 1. The molecule has 0 saturated heterocycles. The lowest BCUT2D eigenvalue weighted by molar-refractivity contribution is -0.137. The molecule has 0 aliphatic carbocycles. The van der Waals surface area contributed by atoms with Crippen LogP contribution in [-0.4, -0.2) is 28.7 Å². The smallest absolute Gasteiger partial charge is 0.303 e. The molecule has 5 nitrogen and oxygen atoms in total. The van der Waals surface area contributed by atoms with Crippen molar-refractivity contribution in [1.29, 1.82) is 0 Å². The summed E-state index contributed by atoms with van der Waals surface area (Å²) in [6.45, 7) is 3.75. The van der Waals surface area contributed by atoms with Crippen LogP contribution in [0.15, 0.2) is 48.5 Å². The minimum absolute atomic E-state index is 0.00643. The van der Waals surface area contributed by atoms with E-state index in [1.807, 2.05) is 13.8 Å². The minimum Gasteiger partial charge on any atom is -0.481 e. The maximum atomic E-state index is 12.7. The Balaban J connectivity index is 0.000000545. The van der Waals surface area contributed by atoms with E-state index >= 15 is 0 Å². The summed E-state index contributed by atoms with van der Waals surface area (Å²) in [6.07, 6.45) is 3.86. The number of benzene rings is 2. The zero-order valence-corrected chi connectivity index (χ0v) is 21.8. The topological polar surface area (TPSA) is 92.4 Å². The number of unbranched alkanes of at least 4 members (excludes halogenated alkanes) is 2. The number of carboxylic acid groups (broad SMARTS) is 1. The molecule has 4 N–H and O–H groups in total. The van der Waals surface area contributed by atoms with E-state index in [0.717, 1.165) is 30.4 Å². The van der Waals surface area contributed by atoms with Crippen LogP contribution in [0.25, 0.3) is 0 Å². The Morgan fingerprint density at radius 2 is 1.26 bits per heavy atom. The second kappa shape index (κ2) is 20.0. The number of carbonyl (C=O) groups excluding carboxylic acids is 1. The van der Waals surface area contributed by atoms with Crippen molar-refractivity contribution in [2.24, 2.45) is 5.73 Å². The SMILES string of the molecule is CC(N)c1ccc(F)cc1.CC(NC(=O)CCCCCl)c1ccc(F)cc1.O=C(O)CCCCCl. The molecular formula is C26H36Cl2F2N2O3. The Bertz CT molecular complexity index is 835. The van der Waals surface area contributed by atoms with Gasteiger partial charge in [0.1, 0.15) is 11.6 Å². The van der Waals surface area contributed by atoms with Crippen molar-refractivity contribution >= 4 is 35.1 Å². The fourth-order valence-electron chi connectivity index (χ4n) is 2.67. The van der Waals surface area contributed by atoms with Crippen LogP contribution in [0, 0.1) is 11.6 Å². The van der Waals surface area contributed by atoms with E-state index in [4.69, 9.17) is 34.0 Å². The number of nitrogens with two attached hydrogens (primary N) is 1. The maximum absolute atomic E-state index is 12.7. The molecule has 2 atom stereocenters. The molecular weight excluding hydrogens is 497 g/mol. The summed E-state index contributed by atoms with van der Waals surface area (Å²) < 4.78 is 25.0. The number of aliphatic carboxylic acids is 1. The Hall–Kier alpha value is -2.22. The van der Waals surface area contributed by atoms with Crippen molar-refractivity contribution in [2.45, 2.75) is 64.5 Å². The molecule has 0 heterocycles. The molecule has 0 saturated carbocycles. The van der Waals surface area contributed by atoms with E-state index in [1.54, 1.807) is 24.3 Å². The van der Waals surface area contributed by atoms with Crippen molar-refractivity contribution in [3.8, 4) is 0 Å². The number of halogens is 4. The fraction of sp³-hybridized carbons (Fsp3) is 0.462. The molecule has 35 heavy (non-hydrogen) atoms. The predicted octanol–water partition coefficient (Wildman–Crippen LogP) is 6.74. The van der Waals surface area contributed by atoms with Gasteiger partial charge in [0.05, 0.1) is 6.04 Å². The van der Waals surface area contributed by atoms with E-state index in [1.165, 1.54) is 24.3 Å². The quantitative estimate of drug-likeness (QED) is 0.220. The molecule has 0 aliphatic heterocycles. The van der Waals surface area contributed by atoms with Gasteiger partial charge >= 0.3 is 5.97 Å². The predicted molar refractivity (Wildman–Crippen MR) is 139 cm³/mol. The summed E-state index contributed by atoms with van der Waals surface area (Å²) >= 11 is 10.8. The number of amides is 1. The summed E-state index contributed by atoms with van der Waals surface area (Å²) in [6, 6.07) is 12.3. The molecule has 0 aromatic heterocycles. The Labute approximate surface area is 217 Å². The average Bonchev–Trinajstić information content (AvgIpc) is 2.81. The summed E-state index contributed by atoms with van der Waals surface area (Å²) in [5.41, 5.74) is 7.40. The summed E-state index contributed by atoms with van der Waals surface area (Å²) in [5, 5.41) is 11.0. The Kier molecular flexibility index (Phi) is 18.8. The second-order valence-corrected chi connectivity index (χ2v) is 8.62. The lowest BCUT2D eigenvalue weighted by atomic mass is 10.1. The highest BCUT2D eigenvalue weighted by atomic mass is 35.5. The molecule has 196 valence electrons. The maximum Gasteiger partial charge on any atom is 0.303 e. The zero-order valence-electron chi connectivity index (χ0n) is 20.3. The van der Waals surface area contributed by atoms with E-state index in [0.29, 0.717) is 24.6 Å². The van der Waals surface area contributed by atoms with E-state index in [-0.39, 0.29) is 36.0 Å². The summed E-state index contributed by atoms with van der Waals surface area (Å²) in [5.74, 6) is -0.0745. The molecule has 0 bridgehead atoms. The van der Waals surface area contributed by atoms with Gasteiger partial charge in [0, 0.05) is 30.6 Å². The largest absolute Gasteiger partial charge is 0.481 e. The number of rotatable bonds is 11. The standard InChI is InChI=1S/C13H17ClFNO.C8H10FN.C5H9ClO2/c1-10(11-5-7-12(15)8-6-11)16-13(17)4-2-3-9-14;1-6(10)7-2-4-8(9)5-3-7;6-4-2-1-3-5(7)8/h5-8,10H,2-4,9H2,1H3,(H,16,17);2-6H,10H2,1H3;1-4H2,(H,7,8). The molecule has 0 radical (unpaired) electrons. The van der Waals surface area contributed by atoms with Crippen LogP contribution in [0.1, 0.15) is 75.6 Å². The van der Waals surface area contributed by atoms with Gasteiger partial charge in [-0.3, -0.25) is 9.59 Å². The summed E-state index contributed by atoms with van der Waals surface area (Å²) in [7, 11) is 0. The lowest BCUT2D eigenvalue weighted by Crippen LogP contribution is -2.26. The van der Waals surface area contributed by atoms with Gasteiger partial charge in [0.2, 0.25) is 5.91 Å². The van der Waals surface area contributed by atoms with Crippen molar-refractivity contribution in [3.63, 3.8) is 0 Å². The molecule has 0 spiro atoms. The highest BCUT2D eigenvalue weighted by Crippen LogP contribution is 2.13.